The van der Waals surface area contributed by atoms with Crippen LogP contribution < -0.4 is 10.2 Å². The lowest BCUT2D eigenvalue weighted by molar-refractivity contribution is 0.239. The molecule has 2 N–H and O–H groups in total. The number of nitrogens with one attached hydrogen (secondary N) is 1. The van der Waals surface area contributed by atoms with Crippen LogP contribution in [0.4, 0.5) is 11.6 Å². The van der Waals surface area contributed by atoms with Crippen molar-refractivity contribution >= 4 is 23.0 Å². The quantitative estimate of drug-likeness (QED) is 0.750. The summed E-state index contributed by atoms with van der Waals surface area (Å²) < 4.78 is 0. The van der Waals surface area contributed by atoms with E-state index < -0.39 is 0 Å². The summed E-state index contributed by atoms with van der Waals surface area (Å²) in [6.45, 7) is 4.02. The number of aliphatic hydroxyl groups is 1. The molecule has 1 unspecified atom stereocenters. The maximum absolute atomic E-state index is 9.57. The summed E-state index contributed by atoms with van der Waals surface area (Å²) in [5.74, 6) is 1.75. The molecule has 2 aromatic rings. The normalized spacial score (nSPS) is 17.9. The number of hydrogen-bond donors (Lipinski definition) is 2. The Bertz CT molecular complexity index is 647. The first-order valence-electron chi connectivity index (χ1n) is 8.60. The third-order valence-corrected chi connectivity index (χ3v) is 5.35. The van der Waals surface area contributed by atoms with E-state index in [1.54, 1.807) is 17.7 Å². The molecule has 3 rings (SSSR count). The maximum atomic E-state index is 9.57. The van der Waals surface area contributed by atoms with Crippen LogP contribution in [0.5, 0.6) is 0 Å². The van der Waals surface area contributed by atoms with Gasteiger partial charge in [-0.1, -0.05) is 0 Å². The molecule has 7 heteroatoms. The van der Waals surface area contributed by atoms with E-state index in [0.29, 0.717) is 0 Å². The highest BCUT2D eigenvalue weighted by Gasteiger charge is 2.23. The van der Waals surface area contributed by atoms with Gasteiger partial charge in [-0.25, -0.2) is 15.0 Å². The lowest BCUT2D eigenvalue weighted by atomic mass is 10.0. The van der Waals surface area contributed by atoms with Crippen LogP contribution in [-0.2, 0) is 6.42 Å². The molecule has 1 aliphatic heterocycles. The fourth-order valence-corrected chi connectivity index (χ4v) is 3.88. The second-order valence-electron chi connectivity index (χ2n) is 6.20. The van der Waals surface area contributed by atoms with Crippen molar-refractivity contribution in [2.75, 3.05) is 29.9 Å². The molecule has 0 amide bonds. The third kappa shape index (κ3) is 4.42. The number of hydrogen-bond acceptors (Lipinski definition) is 7. The molecule has 0 saturated carbocycles. The van der Waals surface area contributed by atoms with Gasteiger partial charge in [0.2, 0.25) is 0 Å². The maximum Gasteiger partial charge on any atom is 0.134 e. The Labute approximate surface area is 147 Å². The molecule has 0 spiro atoms. The number of anilines is 2. The van der Waals surface area contributed by atoms with Crippen LogP contribution in [0.3, 0.4) is 0 Å². The first kappa shape index (κ1) is 17.1. The highest BCUT2D eigenvalue weighted by molar-refractivity contribution is 7.09. The highest BCUT2D eigenvalue weighted by atomic mass is 32.1. The number of nitrogens with zero attached hydrogens (tertiary/aromatic N) is 4. The molecule has 6 nitrogen and oxygen atoms in total. The molecule has 1 atom stereocenters. The zero-order valence-corrected chi connectivity index (χ0v) is 14.9. The molecule has 130 valence electrons. The van der Waals surface area contributed by atoms with Crippen molar-refractivity contribution in [1.82, 2.24) is 15.0 Å². The Kier molecular flexibility index (Phi) is 5.98. The smallest absolute Gasteiger partial charge is 0.134 e. The Morgan fingerprint density at radius 1 is 1.38 bits per heavy atom. The van der Waals surface area contributed by atoms with Gasteiger partial charge in [-0.3, -0.25) is 0 Å². The molecule has 1 aliphatic rings. The average molecular weight is 347 g/mol. The number of aliphatic hydroxyl groups excluding tert-OH is 1. The van der Waals surface area contributed by atoms with Gasteiger partial charge in [0.1, 0.15) is 18.0 Å². The molecular formula is C17H25N5OS. The molecule has 0 bridgehead atoms. The fraction of sp³-hybridized carbons (Fsp3) is 0.588. The van der Waals surface area contributed by atoms with Gasteiger partial charge in [-0.2, -0.15) is 0 Å². The lowest BCUT2D eigenvalue weighted by Crippen LogP contribution is -2.42. The van der Waals surface area contributed by atoms with Crippen molar-refractivity contribution in [3.05, 3.63) is 28.5 Å². The van der Waals surface area contributed by atoms with Crippen molar-refractivity contribution in [1.29, 1.82) is 0 Å². The van der Waals surface area contributed by atoms with E-state index in [1.165, 1.54) is 11.4 Å². The van der Waals surface area contributed by atoms with Crippen LogP contribution in [0.1, 0.15) is 36.4 Å². The first-order valence-corrected chi connectivity index (χ1v) is 9.48. The zero-order valence-electron chi connectivity index (χ0n) is 14.1. The molecular weight excluding hydrogens is 322 g/mol. The number of aryl methyl sites for hydroxylation is 2. The summed E-state index contributed by atoms with van der Waals surface area (Å²) in [7, 11) is 0. The second kappa shape index (κ2) is 8.39. The highest BCUT2D eigenvalue weighted by Crippen LogP contribution is 2.24. The van der Waals surface area contributed by atoms with E-state index in [-0.39, 0.29) is 12.6 Å². The van der Waals surface area contributed by atoms with Gasteiger partial charge in [0.15, 0.2) is 0 Å². The molecule has 3 heterocycles. The van der Waals surface area contributed by atoms with Crippen molar-refractivity contribution in [2.45, 2.75) is 45.1 Å². The van der Waals surface area contributed by atoms with Gasteiger partial charge in [0.25, 0.3) is 0 Å². The van der Waals surface area contributed by atoms with E-state index in [2.05, 4.69) is 30.5 Å². The van der Waals surface area contributed by atoms with Gasteiger partial charge in [0.05, 0.1) is 17.7 Å². The van der Waals surface area contributed by atoms with E-state index in [9.17, 15) is 5.11 Å². The van der Waals surface area contributed by atoms with Crippen LogP contribution in [0.25, 0.3) is 0 Å². The Hall–Kier alpha value is -1.73. The number of thiazole rings is 1. The van der Waals surface area contributed by atoms with Crippen molar-refractivity contribution in [3.63, 3.8) is 0 Å². The van der Waals surface area contributed by atoms with Crippen LogP contribution in [0.2, 0.25) is 0 Å². The summed E-state index contributed by atoms with van der Waals surface area (Å²) >= 11 is 1.72. The molecule has 2 aromatic heterocycles. The van der Waals surface area contributed by atoms with Crippen LogP contribution in [0.15, 0.2) is 17.8 Å². The van der Waals surface area contributed by atoms with E-state index in [4.69, 9.17) is 0 Å². The summed E-state index contributed by atoms with van der Waals surface area (Å²) in [6, 6.07) is 2.16. The molecule has 24 heavy (non-hydrogen) atoms. The van der Waals surface area contributed by atoms with Crippen LogP contribution in [-0.4, -0.2) is 45.8 Å². The zero-order chi connectivity index (χ0) is 16.8. The lowest BCUT2D eigenvalue weighted by Gasteiger charge is -2.35. The fourth-order valence-electron chi connectivity index (χ4n) is 3.07. The predicted molar refractivity (Wildman–Crippen MR) is 97.8 cm³/mol. The molecule has 1 saturated heterocycles. The summed E-state index contributed by atoms with van der Waals surface area (Å²) in [5, 5.41) is 16.2. The Balaban J connectivity index is 1.53. The largest absolute Gasteiger partial charge is 0.394 e. The topological polar surface area (TPSA) is 74.2 Å². The SMILES string of the molecule is Cc1csc(CCCNc2cc(N3CCCCC3CO)ncn2)n1. The third-order valence-electron chi connectivity index (χ3n) is 4.32. The molecule has 0 aliphatic carbocycles. The average Bonchev–Trinajstić information content (AvgIpc) is 3.04. The summed E-state index contributed by atoms with van der Waals surface area (Å²) in [6.07, 6.45) is 6.96. The summed E-state index contributed by atoms with van der Waals surface area (Å²) in [4.78, 5) is 15.4. The van der Waals surface area contributed by atoms with Crippen molar-refractivity contribution in [3.8, 4) is 0 Å². The van der Waals surface area contributed by atoms with Crippen molar-refractivity contribution < 1.29 is 5.11 Å². The van der Waals surface area contributed by atoms with Gasteiger partial charge >= 0.3 is 0 Å². The summed E-state index contributed by atoms with van der Waals surface area (Å²) in [5.41, 5.74) is 1.10. The Morgan fingerprint density at radius 3 is 3.08 bits per heavy atom. The van der Waals surface area contributed by atoms with Gasteiger partial charge in [0, 0.05) is 36.7 Å². The Morgan fingerprint density at radius 2 is 2.29 bits per heavy atom. The minimum atomic E-state index is 0.176. The molecule has 0 aromatic carbocycles. The van der Waals surface area contributed by atoms with Gasteiger partial charge < -0.3 is 15.3 Å². The van der Waals surface area contributed by atoms with Crippen LogP contribution in [0, 0.1) is 6.92 Å². The minimum Gasteiger partial charge on any atom is -0.394 e. The van der Waals surface area contributed by atoms with Gasteiger partial charge in [-0.15, -0.1) is 11.3 Å². The van der Waals surface area contributed by atoms with E-state index in [0.717, 1.165) is 56.1 Å². The first-order chi connectivity index (χ1) is 11.8. The van der Waals surface area contributed by atoms with Crippen LogP contribution >= 0.6 is 11.3 Å². The minimum absolute atomic E-state index is 0.176. The second-order valence-corrected chi connectivity index (χ2v) is 7.14. The number of aromatic nitrogens is 3. The van der Waals surface area contributed by atoms with Gasteiger partial charge in [-0.05, 0) is 32.6 Å². The monoisotopic (exact) mass is 347 g/mol. The van der Waals surface area contributed by atoms with Crippen molar-refractivity contribution in [2.24, 2.45) is 0 Å². The molecule has 1 fully saturated rings. The predicted octanol–water partition coefficient (Wildman–Crippen LogP) is 2.64. The van der Waals surface area contributed by atoms with E-state index in [1.807, 2.05) is 13.0 Å². The molecule has 0 radical (unpaired) electrons. The standard InChI is InChI=1S/C17H25N5OS/c1-13-11-24-17(21-13)6-4-7-18-15-9-16(20-12-19-15)22-8-3-2-5-14(22)10-23/h9,11-12,14,23H,2-8,10H2,1H3,(H,18,19,20). The number of piperidine rings is 1. The van der Waals surface area contributed by atoms with E-state index >= 15 is 0 Å². The number of rotatable bonds is 7.